The highest BCUT2D eigenvalue weighted by Gasteiger charge is 2.24. The fourth-order valence-corrected chi connectivity index (χ4v) is 3.52. The van der Waals surface area contributed by atoms with Crippen LogP contribution >= 0.6 is 11.6 Å². The molecule has 0 aliphatic carbocycles. The molecule has 6 heteroatoms. The highest BCUT2D eigenvalue weighted by molar-refractivity contribution is 6.29. The fraction of sp³-hybridized carbons (Fsp3) is 0.250. The second-order valence-corrected chi connectivity index (χ2v) is 7.60. The lowest BCUT2D eigenvalue weighted by Gasteiger charge is -2.26. The molecule has 0 saturated carbocycles. The standard InChI is InChI=1S/C24H25ClFN3O/c1-16-14-19(10-11-20(16)26)21(12-8-17-9-13-22(25)28-15-17)29-23(24(30)27-2)18-6-4-3-5-7-18/h3-7,9-11,13-15,21,23,29H,8,12H2,1-2H3,(H,27,30)/t21-,23-/m1/s1. The highest BCUT2D eigenvalue weighted by Crippen LogP contribution is 2.26. The van der Waals surface area contributed by atoms with Gasteiger partial charge >= 0.3 is 0 Å². The van der Waals surface area contributed by atoms with Crippen LogP contribution in [0.2, 0.25) is 5.15 Å². The maximum absolute atomic E-state index is 13.9. The summed E-state index contributed by atoms with van der Waals surface area (Å²) in [6, 6.07) is 17.6. The quantitative estimate of drug-likeness (QED) is 0.503. The second-order valence-electron chi connectivity index (χ2n) is 7.21. The summed E-state index contributed by atoms with van der Waals surface area (Å²) in [6.07, 6.45) is 3.19. The zero-order valence-electron chi connectivity index (χ0n) is 17.0. The van der Waals surface area contributed by atoms with Crippen LogP contribution in [-0.4, -0.2) is 17.9 Å². The van der Waals surface area contributed by atoms with E-state index in [2.05, 4.69) is 15.6 Å². The van der Waals surface area contributed by atoms with Crippen molar-refractivity contribution in [2.45, 2.75) is 31.8 Å². The smallest absolute Gasteiger partial charge is 0.241 e. The Labute approximate surface area is 181 Å². The Morgan fingerprint density at radius 1 is 1.10 bits per heavy atom. The molecule has 1 aromatic heterocycles. The van der Waals surface area contributed by atoms with E-state index < -0.39 is 6.04 Å². The third-order valence-electron chi connectivity index (χ3n) is 5.10. The number of halogens is 2. The summed E-state index contributed by atoms with van der Waals surface area (Å²) >= 11 is 5.89. The van der Waals surface area contributed by atoms with E-state index in [4.69, 9.17) is 11.6 Å². The van der Waals surface area contributed by atoms with Gasteiger partial charge in [-0.15, -0.1) is 0 Å². The number of carbonyl (C=O) groups excluding carboxylic acids is 1. The van der Waals surface area contributed by atoms with Gasteiger partial charge in [0.25, 0.3) is 0 Å². The fourth-order valence-electron chi connectivity index (χ4n) is 3.41. The summed E-state index contributed by atoms with van der Waals surface area (Å²) in [5, 5.41) is 6.67. The number of aryl methyl sites for hydroxylation is 2. The van der Waals surface area contributed by atoms with Gasteiger partial charge in [-0.2, -0.15) is 0 Å². The number of amides is 1. The second kappa shape index (κ2) is 10.3. The van der Waals surface area contributed by atoms with Gasteiger partial charge in [0, 0.05) is 19.3 Å². The molecule has 30 heavy (non-hydrogen) atoms. The molecular weight excluding hydrogens is 401 g/mol. The SMILES string of the molecule is CNC(=O)[C@H](N[C@H](CCc1ccc(Cl)nc1)c1ccc(F)c(C)c1)c1ccccc1. The minimum Gasteiger partial charge on any atom is -0.358 e. The molecule has 2 aromatic carbocycles. The van der Waals surface area contributed by atoms with Crippen molar-refractivity contribution in [1.29, 1.82) is 0 Å². The predicted octanol–water partition coefficient (Wildman–Crippen LogP) is 4.93. The first kappa shape index (κ1) is 21.9. The molecule has 0 radical (unpaired) electrons. The first-order valence-electron chi connectivity index (χ1n) is 9.87. The minimum atomic E-state index is -0.532. The number of benzene rings is 2. The van der Waals surface area contributed by atoms with Crippen LogP contribution in [0, 0.1) is 12.7 Å². The van der Waals surface area contributed by atoms with Gasteiger partial charge in [-0.3, -0.25) is 10.1 Å². The van der Waals surface area contributed by atoms with Gasteiger partial charge in [-0.05, 0) is 54.2 Å². The van der Waals surface area contributed by atoms with Gasteiger partial charge in [-0.25, -0.2) is 9.37 Å². The number of carbonyl (C=O) groups is 1. The molecule has 0 aliphatic heterocycles. The molecule has 2 N–H and O–H groups in total. The Hall–Kier alpha value is -2.76. The lowest BCUT2D eigenvalue weighted by molar-refractivity contribution is -0.123. The van der Waals surface area contributed by atoms with Gasteiger partial charge in [0.15, 0.2) is 0 Å². The maximum atomic E-state index is 13.9. The molecule has 0 bridgehead atoms. The van der Waals surface area contributed by atoms with E-state index in [1.165, 1.54) is 6.07 Å². The molecule has 0 fully saturated rings. The van der Waals surface area contributed by atoms with E-state index in [0.717, 1.165) is 23.1 Å². The van der Waals surface area contributed by atoms with Crippen LogP contribution < -0.4 is 10.6 Å². The van der Waals surface area contributed by atoms with Crippen LogP contribution in [0.4, 0.5) is 4.39 Å². The molecule has 3 aromatic rings. The van der Waals surface area contributed by atoms with Crippen molar-refractivity contribution < 1.29 is 9.18 Å². The molecule has 0 aliphatic rings. The van der Waals surface area contributed by atoms with Gasteiger partial charge < -0.3 is 5.32 Å². The molecule has 1 heterocycles. The number of likely N-dealkylation sites (N-methyl/N-ethyl adjacent to an activating group) is 1. The molecular formula is C24H25ClFN3O. The first-order chi connectivity index (χ1) is 14.5. The van der Waals surface area contributed by atoms with E-state index in [1.807, 2.05) is 42.5 Å². The van der Waals surface area contributed by atoms with Crippen molar-refractivity contribution >= 4 is 17.5 Å². The Bertz CT molecular complexity index is 980. The average Bonchev–Trinajstić information content (AvgIpc) is 2.77. The van der Waals surface area contributed by atoms with E-state index in [0.29, 0.717) is 17.1 Å². The molecule has 0 unspecified atom stereocenters. The van der Waals surface area contributed by atoms with Crippen molar-refractivity contribution in [3.63, 3.8) is 0 Å². The van der Waals surface area contributed by atoms with Crippen LogP contribution in [0.5, 0.6) is 0 Å². The Kier molecular flexibility index (Phi) is 7.55. The summed E-state index contributed by atoms with van der Waals surface area (Å²) in [5.41, 5.74) is 3.42. The third-order valence-corrected chi connectivity index (χ3v) is 5.33. The zero-order chi connectivity index (χ0) is 21.5. The van der Waals surface area contributed by atoms with Crippen LogP contribution in [0.25, 0.3) is 0 Å². The van der Waals surface area contributed by atoms with E-state index >= 15 is 0 Å². The molecule has 0 saturated heterocycles. The topological polar surface area (TPSA) is 54.0 Å². The first-order valence-corrected chi connectivity index (χ1v) is 10.2. The molecule has 0 spiro atoms. The van der Waals surface area contributed by atoms with Crippen LogP contribution in [0.15, 0.2) is 66.9 Å². The van der Waals surface area contributed by atoms with Gasteiger partial charge in [0.1, 0.15) is 17.0 Å². The van der Waals surface area contributed by atoms with Gasteiger partial charge in [0.2, 0.25) is 5.91 Å². The number of nitrogens with one attached hydrogen (secondary N) is 2. The highest BCUT2D eigenvalue weighted by atomic mass is 35.5. The number of rotatable bonds is 8. The van der Waals surface area contributed by atoms with Crippen molar-refractivity contribution in [2.24, 2.45) is 0 Å². The lowest BCUT2D eigenvalue weighted by Crippen LogP contribution is -2.38. The van der Waals surface area contributed by atoms with E-state index in [-0.39, 0.29) is 17.8 Å². The summed E-state index contributed by atoms with van der Waals surface area (Å²) in [5.74, 6) is -0.372. The normalized spacial score (nSPS) is 12.9. The predicted molar refractivity (Wildman–Crippen MR) is 118 cm³/mol. The van der Waals surface area contributed by atoms with Crippen molar-refractivity contribution in [3.8, 4) is 0 Å². The van der Waals surface area contributed by atoms with Crippen molar-refractivity contribution in [3.05, 3.63) is 100 Å². The van der Waals surface area contributed by atoms with E-state index in [1.54, 1.807) is 32.3 Å². The maximum Gasteiger partial charge on any atom is 0.241 e. The Morgan fingerprint density at radius 3 is 2.50 bits per heavy atom. The van der Waals surface area contributed by atoms with Crippen LogP contribution in [0.3, 0.4) is 0 Å². The minimum absolute atomic E-state index is 0.127. The monoisotopic (exact) mass is 425 g/mol. The summed E-state index contributed by atoms with van der Waals surface area (Å²) in [4.78, 5) is 16.8. The molecule has 2 atom stereocenters. The Balaban J connectivity index is 1.89. The number of pyridine rings is 1. The summed E-state index contributed by atoms with van der Waals surface area (Å²) in [6.45, 7) is 1.74. The van der Waals surface area contributed by atoms with E-state index in [9.17, 15) is 9.18 Å². The largest absolute Gasteiger partial charge is 0.358 e. The molecule has 156 valence electrons. The number of aromatic nitrogens is 1. The molecule has 4 nitrogen and oxygen atoms in total. The number of hydrogen-bond donors (Lipinski definition) is 2. The van der Waals surface area contributed by atoms with Crippen molar-refractivity contribution in [2.75, 3.05) is 7.05 Å². The zero-order valence-corrected chi connectivity index (χ0v) is 17.8. The third kappa shape index (κ3) is 5.65. The van der Waals surface area contributed by atoms with Crippen LogP contribution in [-0.2, 0) is 11.2 Å². The lowest BCUT2D eigenvalue weighted by atomic mass is 9.95. The summed E-state index contributed by atoms with van der Waals surface area (Å²) in [7, 11) is 1.62. The number of nitrogens with zero attached hydrogens (tertiary/aromatic N) is 1. The van der Waals surface area contributed by atoms with Crippen LogP contribution in [0.1, 0.15) is 40.8 Å². The van der Waals surface area contributed by atoms with Gasteiger partial charge in [-0.1, -0.05) is 60.1 Å². The molecule has 3 rings (SSSR count). The Morgan fingerprint density at radius 2 is 1.87 bits per heavy atom. The average molecular weight is 426 g/mol. The van der Waals surface area contributed by atoms with Crippen molar-refractivity contribution in [1.82, 2.24) is 15.6 Å². The number of hydrogen-bond acceptors (Lipinski definition) is 3. The summed E-state index contributed by atoms with van der Waals surface area (Å²) < 4.78 is 13.9. The van der Waals surface area contributed by atoms with Gasteiger partial charge in [0.05, 0.1) is 0 Å². The molecule has 1 amide bonds.